The van der Waals surface area contributed by atoms with Crippen molar-refractivity contribution >= 4 is 5.91 Å². The fraction of sp³-hybridized carbons (Fsp3) is 0.647. The van der Waals surface area contributed by atoms with Crippen LogP contribution in [0.5, 0.6) is 0 Å². The summed E-state index contributed by atoms with van der Waals surface area (Å²) in [6.45, 7) is 2.24. The van der Waals surface area contributed by atoms with Crippen molar-refractivity contribution in [3.63, 3.8) is 0 Å². The van der Waals surface area contributed by atoms with E-state index in [2.05, 4.69) is 11.9 Å². The molecule has 0 aromatic carbocycles. The lowest BCUT2D eigenvalue weighted by molar-refractivity contribution is -0.119. The Balaban J connectivity index is 2.19. The summed E-state index contributed by atoms with van der Waals surface area (Å²) in [7, 11) is 0. The monoisotopic (exact) mass is 276 g/mol. The average Bonchev–Trinajstić information content (AvgIpc) is 2.46. The van der Waals surface area contributed by atoms with E-state index in [0.717, 1.165) is 18.4 Å². The predicted molar refractivity (Wildman–Crippen MR) is 83.4 cm³/mol. The van der Waals surface area contributed by atoms with Gasteiger partial charge in [0, 0.05) is 12.4 Å². The fourth-order valence-electron chi connectivity index (χ4n) is 2.55. The number of unbranched alkanes of at least 4 members (excludes halogenated alkanes) is 7. The molecule has 3 nitrogen and oxygen atoms in total. The van der Waals surface area contributed by atoms with Crippen molar-refractivity contribution in [3.05, 3.63) is 30.1 Å². The molecule has 1 aromatic rings. The number of hydrogen-bond acceptors (Lipinski definition) is 2. The van der Waals surface area contributed by atoms with Crippen molar-refractivity contribution in [1.82, 2.24) is 4.98 Å². The molecule has 0 fully saturated rings. The van der Waals surface area contributed by atoms with E-state index >= 15 is 0 Å². The summed E-state index contributed by atoms with van der Waals surface area (Å²) >= 11 is 0. The lowest BCUT2D eigenvalue weighted by atomic mass is 9.93. The second-order valence-electron chi connectivity index (χ2n) is 5.50. The number of primary amides is 1. The highest BCUT2D eigenvalue weighted by atomic mass is 16.1. The summed E-state index contributed by atoms with van der Waals surface area (Å²) < 4.78 is 0. The molecule has 1 heterocycles. The van der Waals surface area contributed by atoms with Gasteiger partial charge in [-0.3, -0.25) is 9.78 Å². The highest BCUT2D eigenvalue weighted by Gasteiger charge is 2.16. The van der Waals surface area contributed by atoms with Crippen molar-refractivity contribution < 1.29 is 4.79 Å². The Labute approximate surface area is 123 Å². The summed E-state index contributed by atoms with van der Waals surface area (Å²) in [5.74, 6) is -0.378. The minimum Gasteiger partial charge on any atom is -0.369 e. The number of amides is 1. The van der Waals surface area contributed by atoms with Crippen molar-refractivity contribution in [2.45, 2.75) is 70.6 Å². The summed E-state index contributed by atoms with van der Waals surface area (Å²) in [6, 6.07) is 3.78. The number of pyridine rings is 1. The van der Waals surface area contributed by atoms with Gasteiger partial charge >= 0.3 is 0 Å². The summed E-state index contributed by atoms with van der Waals surface area (Å²) in [4.78, 5) is 15.5. The van der Waals surface area contributed by atoms with E-state index in [4.69, 9.17) is 5.73 Å². The first-order valence-electron chi connectivity index (χ1n) is 7.95. The third kappa shape index (κ3) is 6.69. The molecule has 2 N–H and O–H groups in total. The molecular formula is C17H28N2O. The zero-order valence-corrected chi connectivity index (χ0v) is 12.7. The predicted octanol–water partition coefficient (Wildman–Crippen LogP) is 4.18. The largest absolute Gasteiger partial charge is 0.369 e. The van der Waals surface area contributed by atoms with E-state index < -0.39 is 0 Å². The van der Waals surface area contributed by atoms with E-state index in [0.29, 0.717) is 0 Å². The second kappa shape index (κ2) is 10.4. The van der Waals surface area contributed by atoms with Crippen molar-refractivity contribution in [3.8, 4) is 0 Å². The number of hydrogen-bond donors (Lipinski definition) is 1. The normalized spacial score (nSPS) is 12.2. The molecule has 0 bridgehead atoms. The molecule has 0 aliphatic rings. The van der Waals surface area contributed by atoms with E-state index in [1.807, 2.05) is 12.1 Å². The lowest BCUT2D eigenvalue weighted by Gasteiger charge is -2.13. The van der Waals surface area contributed by atoms with Crippen LogP contribution >= 0.6 is 0 Å². The molecule has 1 amide bonds. The molecule has 0 saturated heterocycles. The van der Waals surface area contributed by atoms with Crippen LogP contribution in [0.3, 0.4) is 0 Å². The van der Waals surface area contributed by atoms with Crippen LogP contribution in [0.4, 0.5) is 0 Å². The van der Waals surface area contributed by atoms with Gasteiger partial charge in [0.05, 0.1) is 5.92 Å². The molecular weight excluding hydrogens is 248 g/mol. The van der Waals surface area contributed by atoms with Crippen LogP contribution in [0.25, 0.3) is 0 Å². The van der Waals surface area contributed by atoms with Gasteiger partial charge in [-0.2, -0.15) is 0 Å². The molecule has 3 heteroatoms. The van der Waals surface area contributed by atoms with Gasteiger partial charge in [0.2, 0.25) is 5.91 Å². The Hall–Kier alpha value is -1.38. The summed E-state index contributed by atoms with van der Waals surface area (Å²) in [5, 5.41) is 0. The molecule has 0 saturated carbocycles. The molecule has 0 aliphatic heterocycles. The van der Waals surface area contributed by atoms with Crippen molar-refractivity contribution in [2.24, 2.45) is 5.73 Å². The minimum atomic E-state index is -0.223. The average molecular weight is 276 g/mol. The molecule has 1 aromatic heterocycles. The van der Waals surface area contributed by atoms with Crippen LogP contribution in [0.2, 0.25) is 0 Å². The standard InChI is InChI=1S/C17H28N2O/c1-2-3-4-5-6-7-8-9-10-16(17(18)20)15-11-13-19-14-12-15/h11-14,16H,2-10H2,1H3,(H2,18,20). The third-order valence-electron chi connectivity index (χ3n) is 3.80. The number of carbonyl (C=O) groups is 1. The number of carbonyl (C=O) groups excluding carboxylic acids is 1. The minimum absolute atomic E-state index is 0.155. The maximum absolute atomic E-state index is 11.5. The zero-order valence-electron chi connectivity index (χ0n) is 12.7. The van der Waals surface area contributed by atoms with Gasteiger partial charge < -0.3 is 5.73 Å². The first kappa shape index (κ1) is 16.7. The Morgan fingerprint density at radius 3 is 2.15 bits per heavy atom. The van der Waals surface area contributed by atoms with Crippen molar-refractivity contribution in [1.29, 1.82) is 0 Å². The Kier molecular flexibility index (Phi) is 8.68. The molecule has 1 atom stereocenters. The number of aromatic nitrogens is 1. The van der Waals surface area contributed by atoms with E-state index in [1.54, 1.807) is 12.4 Å². The van der Waals surface area contributed by atoms with Crippen LogP contribution in [0.15, 0.2) is 24.5 Å². The van der Waals surface area contributed by atoms with Crippen LogP contribution in [0.1, 0.15) is 76.2 Å². The quantitative estimate of drug-likeness (QED) is 0.616. The molecule has 0 spiro atoms. The van der Waals surface area contributed by atoms with Crippen LogP contribution in [0, 0.1) is 0 Å². The van der Waals surface area contributed by atoms with Gasteiger partial charge in [0.1, 0.15) is 0 Å². The van der Waals surface area contributed by atoms with Gasteiger partial charge in [0.15, 0.2) is 0 Å². The van der Waals surface area contributed by atoms with E-state index in [9.17, 15) is 4.79 Å². The molecule has 112 valence electrons. The molecule has 0 radical (unpaired) electrons. The summed E-state index contributed by atoms with van der Waals surface area (Å²) in [5.41, 5.74) is 6.50. The first-order chi connectivity index (χ1) is 9.75. The van der Waals surface area contributed by atoms with Crippen LogP contribution in [-0.2, 0) is 4.79 Å². The smallest absolute Gasteiger partial charge is 0.224 e. The molecule has 20 heavy (non-hydrogen) atoms. The number of rotatable bonds is 11. The topological polar surface area (TPSA) is 56.0 Å². The second-order valence-corrected chi connectivity index (χ2v) is 5.50. The van der Waals surface area contributed by atoms with Crippen LogP contribution in [-0.4, -0.2) is 10.9 Å². The van der Waals surface area contributed by atoms with E-state index in [1.165, 1.54) is 44.9 Å². The van der Waals surface area contributed by atoms with Gasteiger partial charge in [0.25, 0.3) is 0 Å². The first-order valence-corrected chi connectivity index (χ1v) is 7.95. The van der Waals surface area contributed by atoms with Crippen molar-refractivity contribution in [2.75, 3.05) is 0 Å². The lowest BCUT2D eigenvalue weighted by Crippen LogP contribution is -2.21. The maximum Gasteiger partial charge on any atom is 0.224 e. The van der Waals surface area contributed by atoms with E-state index in [-0.39, 0.29) is 11.8 Å². The van der Waals surface area contributed by atoms with Crippen LogP contribution < -0.4 is 5.73 Å². The van der Waals surface area contributed by atoms with Gasteiger partial charge in [-0.1, -0.05) is 58.3 Å². The zero-order chi connectivity index (χ0) is 14.6. The fourth-order valence-corrected chi connectivity index (χ4v) is 2.55. The third-order valence-corrected chi connectivity index (χ3v) is 3.80. The van der Waals surface area contributed by atoms with Gasteiger partial charge in [-0.15, -0.1) is 0 Å². The maximum atomic E-state index is 11.5. The Morgan fingerprint density at radius 2 is 1.60 bits per heavy atom. The summed E-state index contributed by atoms with van der Waals surface area (Å²) in [6.07, 6.45) is 14.5. The number of nitrogens with zero attached hydrogens (tertiary/aromatic N) is 1. The van der Waals surface area contributed by atoms with Gasteiger partial charge in [-0.25, -0.2) is 0 Å². The SMILES string of the molecule is CCCCCCCCCCC(C(N)=O)c1ccncc1. The molecule has 1 rings (SSSR count). The highest BCUT2D eigenvalue weighted by molar-refractivity contribution is 5.81. The Bertz CT molecular complexity index is 365. The highest BCUT2D eigenvalue weighted by Crippen LogP contribution is 2.22. The Morgan fingerprint density at radius 1 is 1.05 bits per heavy atom. The number of nitrogens with two attached hydrogens (primary N) is 1. The van der Waals surface area contributed by atoms with Gasteiger partial charge in [-0.05, 0) is 24.1 Å². The molecule has 1 unspecified atom stereocenters. The molecule has 0 aliphatic carbocycles.